The van der Waals surface area contributed by atoms with E-state index in [2.05, 4.69) is 4.90 Å². The lowest BCUT2D eigenvalue weighted by molar-refractivity contribution is 0.400. The van der Waals surface area contributed by atoms with Crippen molar-refractivity contribution in [3.05, 3.63) is 26.7 Å². The van der Waals surface area contributed by atoms with Crippen LogP contribution in [-0.4, -0.2) is 25.5 Å². The van der Waals surface area contributed by atoms with Gasteiger partial charge >= 0.3 is 0 Å². The molecule has 5 heteroatoms. The van der Waals surface area contributed by atoms with E-state index in [9.17, 15) is 0 Å². The number of nitrogen functional groups attached to an aromatic ring is 1. The van der Waals surface area contributed by atoms with Gasteiger partial charge in [-0.2, -0.15) is 0 Å². The molecule has 0 heterocycles. The molecule has 1 aromatic carbocycles. The van der Waals surface area contributed by atoms with E-state index in [-0.39, 0.29) is 0 Å². The van der Waals surface area contributed by atoms with E-state index in [0.717, 1.165) is 24.9 Å². The van der Waals surface area contributed by atoms with E-state index in [0.29, 0.717) is 20.8 Å². The molecule has 2 nitrogen and oxygen atoms in total. The Hall–Kier alpha value is -0.150. The second-order valence-corrected chi connectivity index (χ2v) is 5.12. The van der Waals surface area contributed by atoms with Crippen LogP contribution in [0.15, 0.2) is 6.07 Å². The number of hydrogen-bond donors (Lipinski definition) is 1. The summed E-state index contributed by atoms with van der Waals surface area (Å²) in [4.78, 5) is 2.11. The number of benzene rings is 1. The lowest BCUT2D eigenvalue weighted by Gasteiger charge is -2.13. The second-order valence-electron chi connectivity index (χ2n) is 3.96. The highest BCUT2D eigenvalue weighted by Gasteiger charge is 2.12. The second kappa shape index (κ2) is 5.97. The monoisotopic (exact) mass is 280 g/mol. The number of halogens is 3. The third kappa shape index (κ3) is 3.42. The summed E-state index contributed by atoms with van der Waals surface area (Å²) >= 11 is 18.2. The quantitative estimate of drug-likeness (QED) is 0.673. The zero-order valence-corrected chi connectivity index (χ0v) is 11.6. The van der Waals surface area contributed by atoms with Crippen molar-refractivity contribution in [3.63, 3.8) is 0 Å². The van der Waals surface area contributed by atoms with Crippen molar-refractivity contribution < 1.29 is 0 Å². The fourth-order valence-corrected chi connectivity index (χ4v) is 2.24. The normalized spacial score (nSPS) is 11.1. The zero-order chi connectivity index (χ0) is 12.3. The van der Waals surface area contributed by atoms with Gasteiger partial charge in [-0.25, -0.2) is 0 Å². The first-order valence-electron chi connectivity index (χ1n) is 5.00. The van der Waals surface area contributed by atoms with Crippen molar-refractivity contribution in [1.29, 1.82) is 0 Å². The van der Waals surface area contributed by atoms with Crippen molar-refractivity contribution >= 4 is 40.5 Å². The summed E-state index contributed by atoms with van der Waals surface area (Å²) in [7, 11) is 4.05. The van der Waals surface area contributed by atoms with E-state index < -0.39 is 0 Å². The standard InChI is InChI=1S/C11H15Cl3N2/c1-16(2)5-3-4-7-10(13)8(12)6-9(15)11(7)14/h6H,3-5,15H2,1-2H3. The first kappa shape index (κ1) is 13.9. The predicted molar refractivity (Wildman–Crippen MR) is 72.8 cm³/mol. The number of anilines is 1. The summed E-state index contributed by atoms with van der Waals surface area (Å²) < 4.78 is 0. The largest absolute Gasteiger partial charge is 0.397 e. The molecular weight excluding hydrogens is 266 g/mol. The van der Waals surface area contributed by atoms with Gasteiger partial charge in [-0.15, -0.1) is 0 Å². The molecule has 0 atom stereocenters. The van der Waals surface area contributed by atoms with Gasteiger partial charge in [0.2, 0.25) is 0 Å². The van der Waals surface area contributed by atoms with Gasteiger partial charge in [-0.3, -0.25) is 0 Å². The molecule has 0 aromatic heterocycles. The third-order valence-corrected chi connectivity index (χ3v) is 3.58. The topological polar surface area (TPSA) is 29.3 Å². The molecular formula is C11H15Cl3N2. The Bertz CT molecular complexity index is 352. The maximum atomic E-state index is 6.10. The van der Waals surface area contributed by atoms with Crippen LogP contribution in [0.4, 0.5) is 5.69 Å². The Morgan fingerprint density at radius 3 is 2.38 bits per heavy atom. The Labute approximate surface area is 111 Å². The minimum Gasteiger partial charge on any atom is -0.397 e. The minimum absolute atomic E-state index is 0.461. The molecule has 90 valence electrons. The molecule has 1 aromatic rings. The Morgan fingerprint density at radius 1 is 1.19 bits per heavy atom. The van der Waals surface area contributed by atoms with Gasteiger partial charge in [0.25, 0.3) is 0 Å². The first-order chi connectivity index (χ1) is 7.43. The number of rotatable bonds is 4. The van der Waals surface area contributed by atoms with Gasteiger partial charge in [0.15, 0.2) is 0 Å². The van der Waals surface area contributed by atoms with Gasteiger partial charge < -0.3 is 10.6 Å². The predicted octanol–water partition coefficient (Wildman–Crippen LogP) is 3.72. The van der Waals surface area contributed by atoms with Crippen molar-refractivity contribution in [2.45, 2.75) is 12.8 Å². The molecule has 0 amide bonds. The SMILES string of the molecule is CN(C)CCCc1c(Cl)c(N)cc(Cl)c1Cl. The highest BCUT2D eigenvalue weighted by molar-refractivity contribution is 6.44. The van der Waals surface area contributed by atoms with Crippen molar-refractivity contribution in [2.75, 3.05) is 26.4 Å². The molecule has 0 saturated carbocycles. The highest BCUT2D eigenvalue weighted by atomic mass is 35.5. The van der Waals surface area contributed by atoms with Crippen LogP contribution in [0, 0.1) is 0 Å². The molecule has 0 aliphatic carbocycles. The summed E-state index contributed by atoms with van der Waals surface area (Å²) in [5, 5.41) is 1.50. The molecule has 0 aliphatic rings. The van der Waals surface area contributed by atoms with E-state index in [1.165, 1.54) is 0 Å². The fourth-order valence-electron chi connectivity index (χ4n) is 1.47. The molecule has 0 spiro atoms. The summed E-state index contributed by atoms with van der Waals surface area (Å²) in [6.07, 6.45) is 1.74. The van der Waals surface area contributed by atoms with Crippen LogP contribution < -0.4 is 5.73 Å². The third-order valence-electron chi connectivity index (χ3n) is 2.31. The molecule has 0 radical (unpaired) electrons. The summed E-state index contributed by atoms with van der Waals surface area (Å²) in [5.74, 6) is 0. The Balaban J connectivity index is 2.86. The summed E-state index contributed by atoms with van der Waals surface area (Å²) in [6.45, 7) is 0.971. The Morgan fingerprint density at radius 2 is 1.81 bits per heavy atom. The van der Waals surface area contributed by atoms with Gasteiger partial charge in [-0.1, -0.05) is 34.8 Å². The highest BCUT2D eigenvalue weighted by Crippen LogP contribution is 2.36. The molecule has 0 saturated heterocycles. The molecule has 16 heavy (non-hydrogen) atoms. The zero-order valence-electron chi connectivity index (χ0n) is 9.36. The molecule has 0 unspecified atom stereocenters. The Kier molecular flexibility index (Phi) is 5.19. The van der Waals surface area contributed by atoms with Gasteiger partial charge in [0, 0.05) is 0 Å². The van der Waals surface area contributed by atoms with Gasteiger partial charge in [0.1, 0.15) is 0 Å². The van der Waals surface area contributed by atoms with Crippen LogP contribution in [-0.2, 0) is 6.42 Å². The van der Waals surface area contributed by atoms with Crippen LogP contribution in [0.3, 0.4) is 0 Å². The van der Waals surface area contributed by atoms with Crippen molar-refractivity contribution in [2.24, 2.45) is 0 Å². The first-order valence-corrected chi connectivity index (χ1v) is 6.13. The van der Waals surface area contributed by atoms with Crippen LogP contribution in [0.5, 0.6) is 0 Å². The van der Waals surface area contributed by atoms with Gasteiger partial charge in [-0.05, 0) is 45.1 Å². The molecule has 0 aliphatic heterocycles. The summed E-state index contributed by atoms with van der Waals surface area (Å²) in [6, 6.07) is 1.58. The number of nitrogens with zero attached hydrogens (tertiary/aromatic N) is 1. The average Bonchev–Trinajstić information content (AvgIpc) is 2.20. The number of nitrogens with two attached hydrogens (primary N) is 1. The average molecular weight is 282 g/mol. The van der Waals surface area contributed by atoms with Crippen LogP contribution in [0.2, 0.25) is 15.1 Å². The van der Waals surface area contributed by atoms with E-state index in [1.807, 2.05) is 14.1 Å². The van der Waals surface area contributed by atoms with Crippen molar-refractivity contribution in [1.82, 2.24) is 4.90 Å². The van der Waals surface area contributed by atoms with E-state index in [1.54, 1.807) is 6.07 Å². The molecule has 1 rings (SSSR count). The molecule has 2 N–H and O–H groups in total. The van der Waals surface area contributed by atoms with E-state index in [4.69, 9.17) is 40.5 Å². The van der Waals surface area contributed by atoms with Crippen LogP contribution in [0.25, 0.3) is 0 Å². The lowest BCUT2D eigenvalue weighted by atomic mass is 10.1. The maximum absolute atomic E-state index is 6.10. The fraction of sp³-hybridized carbons (Fsp3) is 0.455. The molecule has 0 fully saturated rings. The van der Waals surface area contributed by atoms with Crippen LogP contribution >= 0.6 is 34.8 Å². The van der Waals surface area contributed by atoms with Gasteiger partial charge in [0.05, 0.1) is 20.8 Å². The lowest BCUT2D eigenvalue weighted by Crippen LogP contribution is -2.13. The summed E-state index contributed by atoms with van der Waals surface area (Å²) in [5.41, 5.74) is 7.06. The van der Waals surface area contributed by atoms with E-state index >= 15 is 0 Å². The molecule has 0 bridgehead atoms. The maximum Gasteiger partial charge on any atom is 0.0683 e. The number of hydrogen-bond acceptors (Lipinski definition) is 2. The minimum atomic E-state index is 0.461. The van der Waals surface area contributed by atoms with Crippen LogP contribution in [0.1, 0.15) is 12.0 Å². The smallest absolute Gasteiger partial charge is 0.0683 e. The van der Waals surface area contributed by atoms with Crippen molar-refractivity contribution in [3.8, 4) is 0 Å².